The summed E-state index contributed by atoms with van der Waals surface area (Å²) in [7, 11) is 0. The van der Waals surface area contributed by atoms with Gasteiger partial charge in [-0.1, -0.05) is 23.9 Å². The zero-order valence-electron chi connectivity index (χ0n) is 18.6. The fourth-order valence-corrected chi connectivity index (χ4v) is 4.57. The van der Waals surface area contributed by atoms with Crippen molar-refractivity contribution in [1.82, 2.24) is 24.8 Å². The standard InChI is InChI=1S/C21H23F3N6O5S/c22-21(23,24)11-3-1-10(2-4-11)5-6-26-13(32)8-36-20-29-14-17(25)27-9-28-18(14)30(20)19-16(34)15(33)12(7-31)35-19/h1-4,9,12,15-16,19,31,33-34H,5-8H2,(H,26,32)(H2,25,27,28)/t12-,15-,16-,19-/m1/s1. The van der Waals surface area contributed by atoms with Gasteiger partial charge < -0.3 is 31.1 Å². The number of halogens is 3. The largest absolute Gasteiger partial charge is 0.416 e. The van der Waals surface area contributed by atoms with Crippen LogP contribution in [0.5, 0.6) is 0 Å². The molecule has 1 saturated heterocycles. The van der Waals surface area contributed by atoms with Crippen LogP contribution < -0.4 is 11.1 Å². The van der Waals surface area contributed by atoms with Gasteiger partial charge in [0.1, 0.15) is 24.6 Å². The summed E-state index contributed by atoms with van der Waals surface area (Å²) in [6.07, 6.45) is -7.83. The maximum absolute atomic E-state index is 12.7. The molecule has 0 radical (unpaired) electrons. The van der Waals surface area contributed by atoms with E-state index in [-0.39, 0.29) is 40.3 Å². The van der Waals surface area contributed by atoms with Gasteiger partial charge in [-0.05, 0) is 24.1 Å². The molecule has 3 aromatic rings. The van der Waals surface area contributed by atoms with Crippen LogP contribution in [0.4, 0.5) is 19.0 Å². The molecule has 6 N–H and O–H groups in total. The highest BCUT2D eigenvalue weighted by Crippen LogP contribution is 2.36. The lowest BCUT2D eigenvalue weighted by Gasteiger charge is -2.19. The van der Waals surface area contributed by atoms with Gasteiger partial charge in [-0.15, -0.1) is 0 Å². The lowest BCUT2D eigenvalue weighted by atomic mass is 10.1. The summed E-state index contributed by atoms with van der Waals surface area (Å²) >= 11 is 0.996. The fourth-order valence-electron chi connectivity index (χ4n) is 3.72. The van der Waals surface area contributed by atoms with Gasteiger partial charge in [0, 0.05) is 6.54 Å². The van der Waals surface area contributed by atoms with Crippen LogP contribution in [0.3, 0.4) is 0 Å². The second-order valence-corrected chi connectivity index (χ2v) is 8.95. The highest BCUT2D eigenvalue weighted by atomic mass is 32.2. The van der Waals surface area contributed by atoms with Crippen LogP contribution >= 0.6 is 11.8 Å². The molecule has 1 amide bonds. The van der Waals surface area contributed by atoms with E-state index in [1.54, 1.807) is 0 Å². The van der Waals surface area contributed by atoms with Crippen molar-refractivity contribution in [3.8, 4) is 0 Å². The third-order valence-electron chi connectivity index (χ3n) is 5.59. The summed E-state index contributed by atoms with van der Waals surface area (Å²) in [6.45, 7) is -0.323. The summed E-state index contributed by atoms with van der Waals surface area (Å²) in [5.41, 5.74) is 6.21. The molecule has 11 nitrogen and oxygen atoms in total. The zero-order chi connectivity index (χ0) is 26.0. The molecule has 0 spiro atoms. The van der Waals surface area contributed by atoms with Crippen molar-refractivity contribution < 1.29 is 38.0 Å². The third kappa shape index (κ3) is 5.39. The van der Waals surface area contributed by atoms with Crippen LogP contribution in [0.1, 0.15) is 17.4 Å². The number of nitrogens with two attached hydrogens (primary N) is 1. The molecule has 4 rings (SSSR count). The van der Waals surface area contributed by atoms with E-state index in [1.807, 2.05) is 0 Å². The second-order valence-electron chi connectivity index (χ2n) is 8.01. The number of imidazole rings is 1. The van der Waals surface area contributed by atoms with E-state index in [9.17, 15) is 33.3 Å². The molecule has 2 aromatic heterocycles. The quantitative estimate of drug-likeness (QED) is 0.260. The topological polar surface area (TPSA) is 169 Å². The summed E-state index contributed by atoms with van der Waals surface area (Å²) in [5.74, 6) is -0.405. The summed E-state index contributed by atoms with van der Waals surface area (Å²) in [4.78, 5) is 24.8. The molecule has 3 heterocycles. The van der Waals surface area contributed by atoms with Crippen LogP contribution in [0, 0.1) is 0 Å². The maximum Gasteiger partial charge on any atom is 0.416 e. The SMILES string of the molecule is Nc1ncnc2c1nc(SCC(=O)NCCc1ccc(C(F)(F)F)cc1)n2[C@@H]1O[C@H](CO)[C@@H](O)[C@H]1O. The minimum atomic E-state index is -4.41. The number of anilines is 1. The smallest absolute Gasteiger partial charge is 0.394 e. The highest BCUT2D eigenvalue weighted by Gasteiger charge is 2.45. The van der Waals surface area contributed by atoms with Crippen molar-refractivity contribution >= 4 is 34.7 Å². The Kier molecular flexibility index (Phi) is 7.65. The number of thioether (sulfide) groups is 1. The molecule has 36 heavy (non-hydrogen) atoms. The molecule has 1 fully saturated rings. The number of hydrogen-bond donors (Lipinski definition) is 5. The number of carbonyl (C=O) groups excluding carboxylic acids is 1. The molecular weight excluding hydrogens is 505 g/mol. The van der Waals surface area contributed by atoms with Crippen molar-refractivity contribution in [1.29, 1.82) is 0 Å². The molecule has 15 heteroatoms. The molecule has 0 saturated carbocycles. The van der Waals surface area contributed by atoms with Crippen LogP contribution in [0.25, 0.3) is 11.2 Å². The van der Waals surface area contributed by atoms with Gasteiger partial charge in [0.2, 0.25) is 5.91 Å². The number of aromatic nitrogens is 4. The predicted molar refractivity (Wildman–Crippen MR) is 122 cm³/mol. The Hall–Kier alpha value is -2.98. The predicted octanol–water partition coefficient (Wildman–Crippen LogP) is 0.490. The van der Waals surface area contributed by atoms with E-state index in [1.165, 1.54) is 23.0 Å². The monoisotopic (exact) mass is 528 g/mol. The van der Waals surface area contributed by atoms with Crippen LogP contribution in [0.15, 0.2) is 35.7 Å². The van der Waals surface area contributed by atoms with Gasteiger partial charge in [0.05, 0.1) is 17.9 Å². The number of amides is 1. The average Bonchev–Trinajstić information content (AvgIpc) is 3.35. The van der Waals surface area contributed by atoms with E-state index < -0.39 is 42.9 Å². The number of fused-ring (bicyclic) bond motifs is 1. The second kappa shape index (κ2) is 10.6. The number of nitrogens with zero attached hydrogens (tertiary/aromatic N) is 4. The lowest BCUT2D eigenvalue weighted by Crippen LogP contribution is -2.33. The van der Waals surface area contributed by atoms with Crippen molar-refractivity contribution in [2.24, 2.45) is 0 Å². The number of benzene rings is 1. The first-order valence-electron chi connectivity index (χ1n) is 10.8. The minimum absolute atomic E-state index is 0.0633. The molecule has 1 aromatic carbocycles. The van der Waals surface area contributed by atoms with Gasteiger partial charge in [-0.2, -0.15) is 13.2 Å². The summed E-state index contributed by atoms with van der Waals surface area (Å²) in [6, 6.07) is 4.70. The number of carbonyl (C=O) groups is 1. The van der Waals surface area contributed by atoms with Gasteiger partial charge in [0.25, 0.3) is 0 Å². The molecule has 1 aliphatic rings. The average molecular weight is 529 g/mol. The van der Waals surface area contributed by atoms with E-state index in [0.29, 0.717) is 12.0 Å². The number of aliphatic hydroxyl groups is 3. The number of nitrogens with one attached hydrogen (secondary N) is 1. The Morgan fingerprint density at radius 3 is 2.56 bits per heavy atom. The van der Waals surface area contributed by atoms with Crippen molar-refractivity contribution in [2.45, 2.75) is 42.3 Å². The molecule has 0 bridgehead atoms. The van der Waals surface area contributed by atoms with E-state index >= 15 is 0 Å². The first-order chi connectivity index (χ1) is 17.1. The molecule has 0 unspecified atom stereocenters. The van der Waals surface area contributed by atoms with Crippen LogP contribution in [-0.2, 0) is 22.1 Å². The zero-order valence-corrected chi connectivity index (χ0v) is 19.4. The molecule has 0 aliphatic carbocycles. The molecular formula is C21H23F3N6O5S. The van der Waals surface area contributed by atoms with E-state index in [4.69, 9.17) is 10.5 Å². The Labute approximate surface area is 206 Å². The van der Waals surface area contributed by atoms with Gasteiger partial charge in [-0.25, -0.2) is 15.0 Å². The number of rotatable bonds is 8. The van der Waals surface area contributed by atoms with Crippen LogP contribution in [0.2, 0.25) is 0 Å². The number of alkyl halides is 3. The number of aliphatic hydroxyl groups excluding tert-OH is 3. The Morgan fingerprint density at radius 2 is 1.92 bits per heavy atom. The van der Waals surface area contributed by atoms with E-state index in [2.05, 4.69) is 20.3 Å². The first kappa shape index (κ1) is 26.1. The summed E-state index contributed by atoms with van der Waals surface area (Å²) in [5, 5.41) is 33.0. The molecule has 1 aliphatic heterocycles. The highest BCUT2D eigenvalue weighted by molar-refractivity contribution is 7.99. The normalized spacial score (nSPS) is 22.3. The van der Waals surface area contributed by atoms with Crippen molar-refractivity contribution in [3.05, 3.63) is 41.7 Å². The fraction of sp³-hybridized carbons (Fsp3) is 0.429. The maximum atomic E-state index is 12.7. The number of ether oxygens (including phenoxy) is 1. The summed E-state index contributed by atoms with van der Waals surface area (Å²) < 4.78 is 45.0. The Morgan fingerprint density at radius 1 is 1.19 bits per heavy atom. The number of nitrogen functional groups attached to an aromatic ring is 1. The van der Waals surface area contributed by atoms with Crippen molar-refractivity contribution in [2.75, 3.05) is 24.6 Å². The number of hydrogen-bond acceptors (Lipinski definition) is 10. The third-order valence-corrected chi connectivity index (χ3v) is 6.55. The molecule has 194 valence electrons. The molecule has 4 atom stereocenters. The van der Waals surface area contributed by atoms with E-state index in [0.717, 1.165) is 23.9 Å². The van der Waals surface area contributed by atoms with Gasteiger partial charge in [-0.3, -0.25) is 9.36 Å². The Bertz CT molecular complexity index is 1230. The first-order valence-corrected chi connectivity index (χ1v) is 11.7. The van der Waals surface area contributed by atoms with Gasteiger partial charge >= 0.3 is 6.18 Å². The lowest BCUT2D eigenvalue weighted by molar-refractivity contribution is -0.137. The Balaban J connectivity index is 1.42. The van der Waals surface area contributed by atoms with Crippen molar-refractivity contribution in [3.63, 3.8) is 0 Å². The minimum Gasteiger partial charge on any atom is -0.394 e. The van der Waals surface area contributed by atoms with Crippen LogP contribution in [-0.4, -0.2) is 78.0 Å². The van der Waals surface area contributed by atoms with Gasteiger partial charge in [0.15, 0.2) is 28.4 Å².